The lowest BCUT2D eigenvalue weighted by Crippen LogP contribution is -2.47. The first-order valence-corrected chi connectivity index (χ1v) is 9.09. The van der Waals surface area contributed by atoms with Gasteiger partial charge in [-0.1, -0.05) is 49.4 Å². The van der Waals surface area contributed by atoms with Gasteiger partial charge in [0.05, 0.1) is 0 Å². The SMILES string of the molecule is C[C@]12CC[C@H](C(=C(C#N)C#N)C1)[C@H](c1cccc3ccccc13)[C@H]2C=O. The standard InChI is InChI=1S/C23H20N2O/c1-23-10-9-19(20(11-23)16(12-24)13-25)22(21(23)14-26)18-8-4-6-15-5-2-3-7-17(15)18/h2-8,14,19,21-22H,9-11H2,1H3/t19-,21-,22+,23+/m1/s1. The average molecular weight is 340 g/mol. The van der Waals surface area contributed by atoms with E-state index in [1.807, 2.05) is 18.2 Å². The Hall–Kier alpha value is -2.91. The largest absolute Gasteiger partial charge is 0.303 e. The van der Waals surface area contributed by atoms with Gasteiger partial charge in [0.2, 0.25) is 0 Å². The van der Waals surface area contributed by atoms with Crippen molar-refractivity contribution in [2.24, 2.45) is 17.3 Å². The fourth-order valence-electron chi connectivity index (χ4n) is 5.32. The first-order chi connectivity index (χ1) is 12.6. The Morgan fingerprint density at radius 2 is 1.88 bits per heavy atom. The maximum absolute atomic E-state index is 12.1. The summed E-state index contributed by atoms with van der Waals surface area (Å²) >= 11 is 0. The second-order valence-corrected chi connectivity index (χ2v) is 7.86. The van der Waals surface area contributed by atoms with Crippen LogP contribution in [0.1, 0.15) is 37.7 Å². The van der Waals surface area contributed by atoms with E-state index in [-0.39, 0.29) is 28.7 Å². The summed E-state index contributed by atoms with van der Waals surface area (Å²) in [5.41, 5.74) is 2.19. The molecule has 3 heteroatoms. The maximum atomic E-state index is 12.1. The Labute approximate surface area is 153 Å². The molecule has 3 saturated carbocycles. The molecule has 26 heavy (non-hydrogen) atoms. The van der Waals surface area contributed by atoms with Crippen molar-refractivity contribution in [1.82, 2.24) is 0 Å². The third-order valence-electron chi connectivity index (χ3n) is 6.57. The molecule has 0 saturated heterocycles. The Kier molecular flexibility index (Phi) is 3.89. The lowest BCUT2D eigenvalue weighted by atomic mass is 9.48. The van der Waals surface area contributed by atoms with Crippen molar-refractivity contribution in [2.45, 2.75) is 32.1 Å². The van der Waals surface area contributed by atoms with Crippen LogP contribution in [0.15, 0.2) is 53.6 Å². The highest BCUT2D eigenvalue weighted by molar-refractivity contribution is 5.87. The molecule has 3 aliphatic carbocycles. The molecule has 2 bridgehead atoms. The molecule has 3 nitrogen and oxygen atoms in total. The van der Waals surface area contributed by atoms with Gasteiger partial charge in [0.1, 0.15) is 24.0 Å². The number of nitriles is 2. The fourth-order valence-corrected chi connectivity index (χ4v) is 5.32. The van der Waals surface area contributed by atoms with Crippen LogP contribution in [0.3, 0.4) is 0 Å². The molecule has 2 aromatic carbocycles. The number of aldehydes is 1. The molecule has 3 fully saturated rings. The van der Waals surface area contributed by atoms with E-state index in [9.17, 15) is 15.3 Å². The molecule has 5 rings (SSSR count). The van der Waals surface area contributed by atoms with Gasteiger partial charge in [-0.2, -0.15) is 10.5 Å². The maximum Gasteiger partial charge on any atom is 0.129 e. The smallest absolute Gasteiger partial charge is 0.129 e. The number of nitrogens with zero attached hydrogens (tertiary/aromatic N) is 2. The summed E-state index contributed by atoms with van der Waals surface area (Å²) in [6.45, 7) is 2.14. The molecule has 0 spiro atoms. The van der Waals surface area contributed by atoms with Gasteiger partial charge in [0, 0.05) is 11.8 Å². The molecular weight excluding hydrogens is 320 g/mol. The number of fused-ring (bicyclic) bond motifs is 4. The van der Waals surface area contributed by atoms with Crippen LogP contribution in [-0.4, -0.2) is 6.29 Å². The highest BCUT2D eigenvalue weighted by Crippen LogP contribution is 2.62. The van der Waals surface area contributed by atoms with E-state index >= 15 is 0 Å². The molecular formula is C23H20N2O. The summed E-state index contributed by atoms with van der Waals surface area (Å²) in [4.78, 5) is 12.1. The van der Waals surface area contributed by atoms with Gasteiger partial charge in [-0.15, -0.1) is 0 Å². The van der Waals surface area contributed by atoms with Crippen molar-refractivity contribution in [3.05, 3.63) is 59.2 Å². The molecule has 0 N–H and O–H groups in total. The van der Waals surface area contributed by atoms with Crippen molar-refractivity contribution in [2.75, 3.05) is 0 Å². The summed E-state index contributed by atoms with van der Waals surface area (Å²) in [5.74, 6) is 0.0272. The van der Waals surface area contributed by atoms with Gasteiger partial charge in [-0.05, 0) is 52.5 Å². The molecule has 0 radical (unpaired) electrons. The molecule has 0 aliphatic heterocycles. The number of hydrogen-bond donors (Lipinski definition) is 0. The van der Waals surface area contributed by atoms with Crippen LogP contribution in [0.25, 0.3) is 10.8 Å². The summed E-state index contributed by atoms with van der Waals surface area (Å²) in [7, 11) is 0. The van der Waals surface area contributed by atoms with Gasteiger partial charge in [-0.25, -0.2) is 0 Å². The van der Waals surface area contributed by atoms with Crippen molar-refractivity contribution >= 4 is 17.1 Å². The van der Waals surface area contributed by atoms with E-state index in [1.165, 1.54) is 5.56 Å². The predicted octanol–water partition coefficient (Wildman–Crippen LogP) is 4.90. The summed E-state index contributed by atoms with van der Waals surface area (Å²) in [6, 6.07) is 18.7. The van der Waals surface area contributed by atoms with Crippen LogP contribution < -0.4 is 0 Å². The number of carbonyl (C=O) groups excluding carboxylic acids is 1. The molecule has 0 unspecified atom stereocenters. The van der Waals surface area contributed by atoms with Crippen LogP contribution >= 0.6 is 0 Å². The molecule has 0 aromatic heterocycles. The molecule has 3 aliphatic rings. The summed E-state index contributed by atoms with van der Waals surface area (Å²) in [6.07, 6.45) is 3.69. The average Bonchev–Trinajstić information content (AvgIpc) is 2.67. The van der Waals surface area contributed by atoms with E-state index in [2.05, 4.69) is 43.3 Å². The molecule has 0 amide bonds. The highest BCUT2D eigenvalue weighted by Gasteiger charge is 2.54. The van der Waals surface area contributed by atoms with E-state index in [0.29, 0.717) is 6.42 Å². The van der Waals surface area contributed by atoms with Gasteiger partial charge < -0.3 is 4.79 Å². The van der Waals surface area contributed by atoms with Crippen molar-refractivity contribution in [3.8, 4) is 12.1 Å². The number of hydrogen-bond acceptors (Lipinski definition) is 3. The van der Waals surface area contributed by atoms with Crippen molar-refractivity contribution in [1.29, 1.82) is 10.5 Å². The molecule has 0 heterocycles. The zero-order valence-electron chi connectivity index (χ0n) is 14.8. The minimum atomic E-state index is -0.188. The topological polar surface area (TPSA) is 64.7 Å². The summed E-state index contributed by atoms with van der Waals surface area (Å²) < 4.78 is 0. The quantitative estimate of drug-likeness (QED) is 0.577. The third kappa shape index (κ3) is 2.28. The number of benzene rings is 2. The molecule has 4 atom stereocenters. The number of rotatable bonds is 2. The second-order valence-electron chi connectivity index (χ2n) is 7.86. The third-order valence-corrected chi connectivity index (χ3v) is 6.57. The van der Waals surface area contributed by atoms with Gasteiger partial charge in [0.25, 0.3) is 0 Å². The molecule has 2 aromatic rings. The first-order valence-electron chi connectivity index (χ1n) is 9.09. The molecule has 128 valence electrons. The number of allylic oxidation sites excluding steroid dienone is 2. The lowest BCUT2D eigenvalue weighted by Gasteiger charge is -2.55. The van der Waals surface area contributed by atoms with Crippen LogP contribution in [0.2, 0.25) is 0 Å². The minimum Gasteiger partial charge on any atom is -0.303 e. The fraction of sp³-hybridized carbons (Fsp3) is 0.348. The van der Waals surface area contributed by atoms with E-state index in [0.717, 1.165) is 35.5 Å². The Morgan fingerprint density at radius 3 is 2.62 bits per heavy atom. The van der Waals surface area contributed by atoms with E-state index < -0.39 is 0 Å². The minimum absolute atomic E-state index is 0.0257. The van der Waals surface area contributed by atoms with Crippen molar-refractivity contribution in [3.63, 3.8) is 0 Å². The second kappa shape index (κ2) is 6.11. The zero-order chi connectivity index (χ0) is 18.3. The Bertz CT molecular complexity index is 986. The van der Waals surface area contributed by atoms with Crippen LogP contribution in [0, 0.1) is 39.9 Å². The van der Waals surface area contributed by atoms with Gasteiger partial charge >= 0.3 is 0 Å². The summed E-state index contributed by atoms with van der Waals surface area (Å²) in [5, 5.41) is 21.2. The zero-order valence-corrected chi connectivity index (χ0v) is 14.8. The Balaban J connectivity index is 1.97. The predicted molar refractivity (Wildman–Crippen MR) is 99.9 cm³/mol. The monoisotopic (exact) mass is 340 g/mol. The van der Waals surface area contributed by atoms with Gasteiger partial charge in [0.15, 0.2) is 0 Å². The van der Waals surface area contributed by atoms with Gasteiger partial charge in [-0.3, -0.25) is 0 Å². The lowest BCUT2D eigenvalue weighted by molar-refractivity contribution is -0.120. The highest BCUT2D eigenvalue weighted by atomic mass is 16.1. The Morgan fingerprint density at radius 1 is 1.15 bits per heavy atom. The van der Waals surface area contributed by atoms with Crippen LogP contribution in [0.4, 0.5) is 0 Å². The normalized spacial score (nSPS) is 29.8. The van der Waals surface area contributed by atoms with E-state index in [4.69, 9.17) is 0 Å². The van der Waals surface area contributed by atoms with Crippen LogP contribution in [0.5, 0.6) is 0 Å². The van der Waals surface area contributed by atoms with E-state index in [1.54, 1.807) is 0 Å². The van der Waals surface area contributed by atoms with Crippen LogP contribution in [-0.2, 0) is 4.79 Å². The first kappa shape index (κ1) is 16.6. The van der Waals surface area contributed by atoms with Crippen molar-refractivity contribution < 1.29 is 4.79 Å². The number of carbonyl (C=O) groups is 1.